The van der Waals surface area contributed by atoms with Crippen LogP contribution in [0.3, 0.4) is 0 Å². The molecule has 30 heavy (non-hydrogen) atoms. The first-order valence-electron chi connectivity index (χ1n) is 7.14. The number of hydrogen-bond acceptors (Lipinski definition) is 6. The largest absolute Gasteiger partial charge is 0.466 e. The van der Waals surface area contributed by atoms with Gasteiger partial charge >= 0.3 is 45.4 Å². The summed E-state index contributed by atoms with van der Waals surface area (Å²) < 4.78 is 152. The molecular weight excluding hydrogens is 473 g/mol. The molecule has 1 atom stereocenters. The van der Waals surface area contributed by atoms with E-state index >= 15 is 0 Å². The first-order valence-corrected chi connectivity index (χ1v) is 8.58. The summed E-state index contributed by atoms with van der Waals surface area (Å²) in [6, 6.07) is 0. The summed E-state index contributed by atoms with van der Waals surface area (Å²) in [6.45, 7) is -1.34. The first kappa shape index (κ1) is 27.9. The van der Waals surface area contributed by atoms with Crippen molar-refractivity contribution in [2.75, 3.05) is 13.2 Å². The SMILES string of the molecule is C=C(F)C(=O)OC(OCCC(F)(F)S(=O)(=O)O)(C(=O)NCCC(F)(F)F)C(F)(F)F. The Morgan fingerprint density at radius 2 is 1.50 bits per heavy atom. The number of esters is 1. The summed E-state index contributed by atoms with van der Waals surface area (Å²) in [4.78, 5) is 22.9. The van der Waals surface area contributed by atoms with Crippen LogP contribution in [0, 0.1) is 0 Å². The molecule has 0 aromatic carbocycles. The molecule has 0 aromatic heterocycles. The lowest BCUT2D eigenvalue weighted by atomic mass is 10.2. The van der Waals surface area contributed by atoms with Gasteiger partial charge in [0.25, 0.3) is 0 Å². The molecule has 0 bridgehead atoms. The fourth-order valence-electron chi connectivity index (χ4n) is 1.47. The molecule has 0 fully saturated rings. The average Bonchev–Trinajstić information content (AvgIpc) is 2.49. The number of rotatable bonds is 10. The van der Waals surface area contributed by atoms with E-state index in [0.29, 0.717) is 0 Å². The molecule has 0 saturated carbocycles. The molecule has 0 radical (unpaired) electrons. The van der Waals surface area contributed by atoms with Crippen molar-refractivity contribution in [2.24, 2.45) is 0 Å². The third-order valence-electron chi connectivity index (χ3n) is 2.90. The minimum Gasteiger partial charge on any atom is -0.410 e. The van der Waals surface area contributed by atoms with Crippen LogP contribution in [-0.2, 0) is 29.2 Å². The fourth-order valence-corrected chi connectivity index (χ4v) is 1.81. The van der Waals surface area contributed by atoms with Gasteiger partial charge < -0.3 is 14.8 Å². The molecule has 2 N–H and O–H groups in total. The second-order valence-electron chi connectivity index (χ2n) is 5.24. The van der Waals surface area contributed by atoms with Gasteiger partial charge in [-0.2, -0.15) is 47.9 Å². The van der Waals surface area contributed by atoms with Crippen LogP contribution in [0.15, 0.2) is 12.4 Å². The van der Waals surface area contributed by atoms with Crippen molar-refractivity contribution < 1.29 is 71.5 Å². The zero-order valence-corrected chi connectivity index (χ0v) is 15.1. The second-order valence-corrected chi connectivity index (χ2v) is 6.79. The van der Waals surface area contributed by atoms with Crippen molar-refractivity contribution >= 4 is 22.0 Å². The molecule has 0 spiro atoms. The fraction of sp³-hybridized carbons (Fsp3) is 0.667. The van der Waals surface area contributed by atoms with Gasteiger partial charge in [-0.05, 0) is 0 Å². The number of carbonyl (C=O) groups is 2. The van der Waals surface area contributed by atoms with Gasteiger partial charge in [0.1, 0.15) is 0 Å². The standard InChI is InChI=1S/C12H12F9NO7S/c1-6(13)7(23)29-11(12(19,20)21,8(24)22-4-2-9(14,15)16)28-5-3-10(17,18)30(25,26)27/h1-5H2,(H,22,24)(H,25,26,27). The van der Waals surface area contributed by atoms with E-state index in [1.54, 1.807) is 0 Å². The van der Waals surface area contributed by atoms with Crippen LogP contribution in [0.5, 0.6) is 0 Å². The molecule has 0 heterocycles. The maximum atomic E-state index is 13.4. The van der Waals surface area contributed by atoms with Crippen LogP contribution >= 0.6 is 0 Å². The Hall–Kier alpha value is -2.08. The van der Waals surface area contributed by atoms with Gasteiger partial charge in [0.05, 0.1) is 19.4 Å². The minimum absolute atomic E-state index is 1.02. The normalized spacial score (nSPS) is 15.3. The first-order chi connectivity index (χ1) is 13.2. The Morgan fingerprint density at radius 1 is 1.00 bits per heavy atom. The summed E-state index contributed by atoms with van der Waals surface area (Å²) in [5.74, 6) is -12.5. The lowest BCUT2D eigenvalue weighted by Gasteiger charge is -2.33. The Balaban J connectivity index is 5.87. The summed E-state index contributed by atoms with van der Waals surface area (Å²) in [5, 5.41) is -4.07. The maximum absolute atomic E-state index is 13.4. The molecule has 176 valence electrons. The summed E-state index contributed by atoms with van der Waals surface area (Å²) >= 11 is 0. The van der Waals surface area contributed by atoms with Gasteiger partial charge in [-0.25, -0.2) is 4.79 Å². The molecule has 8 nitrogen and oxygen atoms in total. The minimum atomic E-state index is -6.19. The van der Waals surface area contributed by atoms with Gasteiger partial charge in [-0.1, -0.05) is 6.58 Å². The van der Waals surface area contributed by atoms with Crippen LogP contribution in [0.1, 0.15) is 12.8 Å². The van der Waals surface area contributed by atoms with Gasteiger partial charge in [-0.3, -0.25) is 9.35 Å². The topological polar surface area (TPSA) is 119 Å². The van der Waals surface area contributed by atoms with Crippen molar-refractivity contribution in [1.29, 1.82) is 0 Å². The number of amides is 1. The predicted molar refractivity (Wildman–Crippen MR) is 75.9 cm³/mol. The van der Waals surface area contributed by atoms with Crippen LogP contribution in [-0.4, -0.2) is 61.4 Å². The molecule has 0 aliphatic heterocycles. The van der Waals surface area contributed by atoms with Crippen molar-refractivity contribution in [1.82, 2.24) is 5.32 Å². The third kappa shape index (κ3) is 7.63. The molecule has 1 amide bonds. The summed E-state index contributed by atoms with van der Waals surface area (Å²) in [5.41, 5.74) is 0. The molecule has 1 unspecified atom stereocenters. The van der Waals surface area contributed by atoms with Gasteiger partial charge in [-0.15, -0.1) is 0 Å². The van der Waals surface area contributed by atoms with Crippen molar-refractivity contribution in [3.05, 3.63) is 12.4 Å². The molecule has 0 rings (SSSR count). The van der Waals surface area contributed by atoms with E-state index in [9.17, 15) is 57.5 Å². The average molecular weight is 485 g/mol. The van der Waals surface area contributed by atoms with E-state index in [2.05, 4.69) is 16.1 Å². The van der Waals surface area contributed by atoms with Crippen LogP contribution in [0.4, 0.5) is 39.5 Å². The van der Waals surface area contributed by atoms with E-state index in [4.69, 9.17) is 4.55 Å². The van der Waals surface area contributed by atoms with Crippen molar-refractivity contribution in [2.45, 2.75) is 36.2 Å². The highest BCUT2D eigenvalue weighted by Crippen LogP contribution is 2.37. The van der Waals surface area contributed by atoms with E-state index in [0.717, 1.165) is 5.32 Å². The Labute approximate surface area is 161 Å². The number of carbonyl (C=O) groups excluding carboxylic acids is 2. The lowest BCUT2D eigenvalue weighted by Crippen LogP contribution is -2.62. The highest BCUT2D eigenvalue weighted by molar-refractivity contribution is 7.86. The molecule has 0 aromatic rings. The van der Waals surface area contributed by atoms with Gasteiger partial charge in [0.2, 0.25) is 5.83 Å². The highest BCUT2D eigenvalue weighted by Gasteiger charge is 2.66. The number of alkyl halides is 8. The van der Waals surface area contributed by atoms with Crippen LogP contribution in [0.25, 0.3) is 0 Å². The lowest BCUT2D eigenvalue weighted by molar-refractivity contribution is -0.348. The Bertz CT molecular complexity index is 763. The highest BCUT2D eigenvalue weighted by atomic mass is 32.2. The molecule has 0 saturated heterocycles. The predicted octanol–water partition coefficient (Wildman–Crippen LogP) is 2.23. The van der Waals surface area contributed by atoms with Crippen LogP contribution in [0.2, 0.25) is 0 Å². The van der Waals surface area contributed by atoms with Crippen LogP contribution < -0.4 is 5.32 Å². The second kappa shape index (κ2) is 9.38. The molecule has 0 aliphatic rings. The third-order valence-corrected chi connectivity index (χ3v) is 3.86. The molecular formula is C12H12F9NO7S. The van der Waals surface area contributed by atoms with Gasteiger partial charge in [0, 0.05) is 6.54 Å². The zero-order chi connectivity index (χ0) is 24.2. The summed E-state index contributed by atoms with van der Waals surface area (Å²) in [7, 11) is -6.14. The van der Waals surface area contributed by atoms with Gasteiger partial charge in [0.15, 0.2) is 0 Å². The molecule has 0 aliphatic carbocycles. The smallest absolute Gasteiger partial charge is 0.410 e. The van der Waals surface area contributed by atoms with Crippen molar-refractivity contribution in [3.63, 3.8) is 0 Å². The van der Waals surface area contributed by atoms with E-state index in [-0.39, 0.29) is 0 Å². The van der Waals surface area contributed by atoms with Crippen molar-refractivity contribution in [3.8, 4) is 0 Å². The monoisotopic (exact) mass is 485 g/mol. The maximum Gasteiger partial charge on any atom is 0.466 e. The number of hydrogen-bond donors (Lipinski definition) is 2. The Kier molecular flexibility index (Phi) is 8.73. The molecule has 18 heteroatoms. The van der Waals surface area contributed by atoms with E-state index < -0.39 is 77.2 Å². The number of halogens is 9. The quantitative estimate of drug-likeness (QED) is 0.160. The van der Waals surface area contributed by atoms with E-state index in [1.807, 2.05) is 0 Å². The summed E-state index contributed by atoms with van der Waals surface area (Å²) in [6.07, 6.45) is -15.3. The Morgan fingerprint density at radius 3 is 1.87 bits per heavy atom. The van der Waals surface area contributed by atoms with E-state index in [1.165, 1.54) is 0 Å². The zero-order valence-electron chi connectivity index (χ0n) is 14.2. The number of nitrogens with one attached hydrogen (secondary N) is 1. The number of ether oxygens (including phenoxy) is 2.